The Morgan fingerprint density at radius 2 is 1.89 bits per heavy atom. The minimum absolute atomic E-state index is 0.0310. The van der Waals surface area contributed by atoms with Gasteiger partial charge in [-0.2, -0.15) is 0 Å². The molecule has 0 spiro atoms. The molecule has 0 aliphatic carbocycles. The number of rotatable bonds is 2. The van der Waals surface area contributed by atoms with E-state index in [0.29, 0.717) is 11.4 Å². The zero-order chi connectivity index (χ0) is 13.0. The number of para-hydroxylation sites is 1. The second-order valence-electron chi connectivity index (χ2n) is 3.57. The molecule has 0 fully saturated rings. The number of nitrogens with zero attached hydrogens (tertiary/aromatic N) is 1. The molecule has 5 heteroatoms. The van der Waals surface area contributed by atoms with E-state index >= 15 is 0 Å². The Kier molecular flexibility index (Phi) is 3.92. The fourth-order valence-electron chi connectivity index (χ4n) is 1.46. The molecule has 0 atom stereocenters. The number of hydrogen-bond donors (Lipinski definition) is 2. The average molecular weight is 264 g/mol. The van der Waals surface area contributed by atoms with E-state index in [2.05, 4.69) is 10.4 Å². The van der Waals surface area contributed by atoms with E-state index in [1.807, 2.05) is 30.3 Å². The lowest BCUT2D eigenvalue weighted by Crippen LogP contribution is -2.30. The highest BCUT2D eigenvalue weighted by molar-refractivity contribution is 6.31. The van der Waals surface area contributed by atoms with Gasteiger partial charge < -0.3 is 5.43 Å². The number of nitrogens with two attached hydrogens (primary N) is 1. The molecule has 0 amide bonds. The Morgan fingerprint density at radius 3 is 2.50 bits per heavy atom. The Labute approximate surface area is 109 Å². The molecule has 2 rings (SSSR count). The minimum Gasteiger partial charge on any atom is -0.308 e. The van der Waals surface area contributed by atoms with Crippen LogP contribution in [-0.4, -0.2) is 5.84 Å². The summed E-state index contributed by atoms with van der Waals surface area (Å²) in [5.41, 5.74) is 3.84. The van der Waals surface area contributed by atoms with Crippen molar-refractivity contribution in [2.24, 2.45) is 10.8 Å². The van der Waals surface area contributed by atoms with E-state index in [1.54, 1.807) is 6.07 Å². The third kappa shape index (κ3) is 2.85. The molecule has 0 radical (unpaired) electrons. The molecular weight excluding hydrogens is 253 g/mol. The molecule has 0 saturated heterocycles. The van der Waals surface area contributed by atoms with Gasteiger partial charge in [0.1, 0.15) is 11.7 Å². The molecule has 2 aromatic rings. The highest BCUT2D eigenvalue weighted by atomic mass is 35.5. The SMILES string of the molecule is NNC(=Nc1ccccc1)c1ccc(F)c(Cl)c1. The second kappa shape index (κ2) is 5.62. The van der Waals surface area contributed by atoms with Crippen LogP contribution in [0.4, 0.5) is 10.1 Å². The van der Waals surface area contributed by atoms with Crippen LogP contribution in [0.5, 0.6) is 0 Å². The summed E-state index contributed by atoms with van der Waals surface area (Å²) in [6.45, 7) is 0. The van der Waals surface area contributed by atoms with E-state index in [4.69, 9.17) is 17.4 Å². The summed E-state index contributed by atoms with van der Waals surface area (Å²) in [5.74, 6) is 5.37. The third-order valence-electron chi connectivity index (χ3n) is 2.33. The highest BCUT2D eigenvalue weighted by Crippen LogP contribution is 2.18. The van der Waals surface area contributed by atoms with Gasteiger partial charge in [0, 0.05) is 5.56 Å². The second-order valence-corrected chi connectivity index (χ2v) is 3.98. The van der Waals surface area contributed by atoms with Crippen LogP contribution >= 0.6 is 11.6 Å². The lowest BCUT2D eigenvalue weighted by Gasteiger charge is -2.06. The number of halogens is 2. The van der Waals surface area contributed by atoms with Gasteiger partial charge >= 0.3 is 0 Å². The molecule has 3 nitrogen and oxygen atoms in total. The van der Waals surface area contributed by atoms with Crippen LogP contribution in [0.15, 0.2) is 53.5 Å². The highest BCUT2D eigenvalue weighted by Gasteiger charge is 2.06. The van der Waals surface area contributed by atoms with Gasteiger partial charge in [-0.25, -0.2) is 15.2 Å². The molecule has 0 aromatic heterocycles. The zero-order valence-corrected chi connectivity index (χ0v) is 10.2. The molecule has 0 aliphatic heterocycles. The molecule has 0 aliphatic rings. The Morgan fingerprint density at radius 1 is 1.17 bits per heavy atom. The fourth-order valence-corrected chi connectivity index (χ4v) is 1.64. The predicted molar refractivity (Wildman–Crippen MR) is 71.4 cm³/mol. The van der Waals surface area contributed by atoms with Crippen molar-refractivity contribution in [2.45, 2.75) is 0 Å². The smallest absolute Gasteiger partial charge is 0.147 e. The zero-order valence-electron chi connectivity index (χ0n) is 9.40. The monoisotopic (exact) mass is 263 g/mol. The van der Waals surface area contributed by atoms with Gasteiger partial charge in [-0.1, -0.05) is 29.8 Å². The number of hydrogen-bond acceptors (Lipinski definition) is 2. The first-order valence-corrected chi connectivity index (χ1v) is 5.64. The van der Waals surface area contributed by atoms with Gasteiger partial charge in [-0.05, 0) is 30.3 Å². The quantitative estimate of drug-likeness (QED) is 0.379. The first-order chi connectivity index (χ1) is 8.70. The Hall–Kier alpha value is -1.91. The standard InChI is InChI=1S/C13H11ClFN3/c14-11-8-9(6-7-12(11)15)13(18-16)17-10-4-2-1-3-5-10/h1-8H,16H2,(H,17,18). The van der Waals surface area contributed by atoms with Crippen LogP contribution in [0.1, 0.15) is 5.56 Å². The number of aliphatic imine (C=N–C) groups is 1. The van der Waals surface area contributed by atoms with Crippen molar-refractivity contribution >= 4 is 23.1 Å². The summed E-state index contributed by atoms with van der Waals surface area (Å²) in [5, 5.41) is 0.0310. The molecule has 2 aromatic carbocycles. The van der Waals surface area contributed by atoms with E-state index in [1.165, 1.54) is 12.1 Å². The van der Waals surface area contributed by atoms with E-state index in [0.717, 1.165) is 5.69 Å². The normalized spacial score (nSPS) is 11.4. The number of nitrogens with one attached hydrogen (secondary N) is 1. The van der Waals surface area contributed by atoms with Gasteiger partial charge in [0.15, 0.2) is 0 Å². The van der Waals surface area contributed by atoms with Crippen LogP contribution in [0.3, 0.4) is 0 Å². The topological polar surface area (TPSA) is 50.4 Å². The molecule has 0 bridgehead atoms. The Bertz CT molecular complexity index is 570. The predicted octanol–water partition coefficient (Wildman–Crippen LogP) is 3.02. The van der Waals surface area contributed by atoms with Gasteiger partial charge in [0.2, 0.25) is 0 Å². The maximum atomic E-state index is 13.1. The summed E-state index contributed by atoms with van der Waals surface area (Å²) >= 11 is 5.72. The van der Waals surface area contributed by atoms with Gasteiger partial charge in [0.05, 0.1) is 10.7 Å². The first kappa shape index (κ1) is 12.5. The molecule has 0 heterocycles. The van der Waals surface area contributed by atoms with E-state index in [9.17, 15) is 4.39 Å². The third-order valence-corrected chi connectivity index (χ3v) is 2.62. The summed E-state index contributed by atoms with van der Waals surface area (Å²) in [6.07, 6.45) is 0. The van der Waals surface area contributed by atoms with Crippen molar-refractivity contribution in [3.05, 3.63) is 64.9 Å². The summed E-state index contributed by atoms with van der Waals surface area (Å²) in [7, 11) is 0. The lowest BCUT2D eigenvalue weighted by molar-refractivity contribution is 0.628. The molecule has 3 N–H and O–H groups in total. The van der Waals surface area contributed by atoms with Crippen LogP contribution in [0.25, 0.3) is 0 Å². The number of hydrazine groups is 1. The van der Waals surface area contributed by atoms with Gasteiger partial charge in [-0.3, -0.25) is 0 Å². The molecule has 18 heavy (non-hydrogen) atoms. The van der Waals surface area contributed by atoms with Crippen molar-refractivity contribution in [2.75, 3.05) is 0 Å². The average Bonchev–Trinajstić information content (AvgIpc) is 2.40. The number of amidine groups is 1. The molecule has 0 unspecified atom stereocenters. The van der Waals surface area contributed by atoms with Crippen LogP contribution < -0.4 is 11.3 Å². The summed E-state index contributed by atoms with van der Waals surface area (Å²) in [4.78, 5) is 4.32. The van der Waals surface area contributed by atoms with Crippen molar-refractivity contribution in [1.29, 1.82) is 0 Å². The van der Waals surface area contributed by atoms with Gasteiger partial charge in [-0.15, -0.1) is 0 Å². The van der Waals surface area contributed by atoms with Crippen LogP contribution in [-0.2, 0) is 0 Å². The van der Waals surface area contributed by atoms with Crippen molar-refractivity contribution < 1.29 is 4.39 Å². The van der Waals surface area contributed by atoms with E-state index in [-0.39, 0.29) is 5.02 Å². The van der Waals surface area contributed by atoms with Crippen LogP contribution in [0.2, 0.25) is 5.02 Å². The molecular formula is C13H11ClFN3. The first-order valence-electron chi connectivity index (χ1n) is 5.26. The summed E-state index contributed by atoms with van der Waals surface area (Å²) in [6, 6.07) is 13.6. The van der Waals surface area contributed by atoms with Crippen molar-refractivity contribution in [3.8, 4) is 0 Å². The summed E-state index contributed by atoms with van der Waals surface area (Å²) < 4.78 is 13.1. The van der Waals surface area contributed by atoms with Gasteiger partial charge in [0.25, 0.3) is 0 Å². The fraction of sp³-hybridized carbons (Fsp3) is 0. The largest absolute Gasteiger partial charge is 0.308 e. The van der Waals surface area contributed by atoms with Crippen LogP contribution in [0, 0.1) is 5.82 Å². The lowest BCUT2D eigenvalue weighted by atomic mass is 10.2. The Balaban J connectivity index is 2.39. The minimum atomic E-state index is -0.475. The molecule has 92 valence electrons. The maximum absolute atomic E-state index is 13.1. The molecule has 0 saturated carbocycles. The van der Waals surface area contributed by atoms with Crippen molar-refractivity contribution in [3.63, 3.8) is 0 Å². The van der Waals surface area contributed by atoms with E-state index < -0.39 is 5.82 Å². The number of benzene rings is 2. The van der Waals surface area contributed by atoms with Crippen molar-refractivity contribution in [1.82, 2.24) is 5.43 Å². The maximum Gasteiger partial charge on any atom is 0.147 e.